The lowest BCUT2D eigenvalue weighted by Gasteiger charge is -2.13. The van der Waals surface area contributed by atoms with E-state index in [1.54, 1.807) is 28.8 Å². The predicted molar refractivity (Wildman–Crippen MR) is 121 cm³/mol. The molecule has 4 rings (SSSR count). The molecule has 0 saturated heterocycles. The summed E-state index contributed by atoms with van der Waals surface area (Å²) < 4.78 is 30.6. The normalized spacial score (nSPS) is 11.6. The fourth-order valence-corrected chi connectivity index (χ4v) is 4.63. The van der Waals surface area contributed by atoms with Gasteiger partial charge >= 0.3 is 0 Å². The van der Waals surface area contributed by atoms with Crippen molar-refractivity contribution < 1.29 is 8.42 Å². The van der Waals surface area contributed by atoms with E-state index in [4.69, 9.17) is 4.98 Å². The summed E-state index contributed by atoms with van der Waals surface area (Å²) in [5.41, 5.74) is 3.41. The number of hydrogen-bond acceptors (Lipinski definition) is 5. The van der Waals surface area contributed by atoms with Crippen LogP contribution in [0.25, 0.3) is 22.2 Å². The SMILES string of the molecule is CCCCCn1c(NS(=O)(=O)c2ccc(C)cc2)c(C#N)c2nc3ccccc3nc21. The molecule has 0 aliphatic carbocycles. The van der Waals surface area contributed by atoms with Gasteiger partial charge in [0.05, 0.1) is 15.9 Å². The van der Waals surface area contributed by atoms with Gasteiger partial charge in [-0.05, 0) is 37.6 Å². The molecule has 0 aliphatic heterocycles. The quantitative estimate of drug-likeness (QED) is 0.424. The summed E-state index contributed by atoms with van der Waals surface area (Å²) in [5, 5.41) is 9.91. The number of nitrogens with one attached hydrogen (secondary N) is 1. The van der Waals surface area contributed by atoms with E-state index in [0.717, 1.165) is 24.8 Å². The van der Waals surface area contributed by atoms with Gasteiger partial charge < -0.3 is 4.57 Å². The number of benzene rings is 2. The molecule has 0 fully saturated rings. The molecule has 0 unspecified atom stereocenters. The monoisotopic (exact) mass is 433 g/mol. The molecule has 8 heteroatoms. The first kappa shape index (κ1) is 20.8. The zero-order valence-corrected chi connectivity index (χ0v) is 18.3. The number of sulfonamides is 1. The maximum absolute atomic E-state index is 13.1. The molecule has 0 bridgehead atoms. The fraction of sp³-hybridized carbons (Fsp3) is 0.261. The van der Waals surface area contributed by atoms with Crippen molar-refractivity contribution in [2.45, 2.75) is 44.6 Å². The summed E-state index contributed by atoms with van der Waals surface area (Å²) >= 11 is 0. The number of unbranched alkanes of at least 4 members (excludes halogenated alkanes) is 2. The second-order valence-corrected chi connectivity index (χ2v) is 9.18. The largest absolute Gasteiger partial charge is 0.309 e. The molecule has 7 nitrogen and oxygen atoms in total. The van der Waals surface area contributed by atoms with E-state index in [9.17, 15) is 13.7 Å². The predicted octanol–water partition coefficient (Wildman–Crippen LogP) is 4.76. The van der Waals surface area contributed by atoms with Crippen LogP contribution in [0.3, 0.4) is 0 Å². The topological polar surface area (TPSA) is 101 Å². The molecule has 0 atom stereocenters. The Morgan fingerprint density at radius 1 is 1.03 bits per heavy atom. The van der Waals surface area contributed by atoms with Crippen LogP contribution < -0.4 is 4.72 Å². The summed E-state index contributed by atoms with van der Waals surface area (Å²) in [6.07, 6.45) is 2.83. The zero-order valence-electron chi connectivity index (χ0n) is 17.5. The van der Waals surface area contributed by atoms with E-state index in [1.807, 2.05) is 31.2 Å². The van der Waals surface area contributed by atoms with Crippen LogP contribution in [-0.4, -0.2) is 23.0 Å². The molecule has 0 saturated carbocycles. The standard InChI is InChI=1S/C23H23N5O2S/c1-3-4-7-14-28-22(27-31(29,30)17-12-10-16(2)11-13-17)18(15-24)21-23(28)26-20-9-6-5-8-19(20)25-21/h5-6,8-13,27H,3-4,7,14H2,1-2H3. The van der Waals surface area contributed by atoms with Crippen molar-refractivity contribution >= 4 is 38.0 Å². The van der Waals surface area contributed by atoms with Crippen LogP contribution in [0.1, 0.15) is 37.3 Å². The van der Waals surface area contributed by atoms with Gasteiger partial charge in [0.25, 0.3) is 10.0 Å². The fourth-order valence-electron chi connectivity index (χ4n) is 3.55. The van der Waals surface area contributed by atoms with Crippen LogP contribution >= 0.6 is 0 Å². The molecular formula is C23H23N5O2S. The second kappa shape index (κ2) is 8.36. The van der Waals surface area contributed by atoms with Gasteiger partial charge in [-0.1, -0.05) is 49.6 Å². The Labute approximate surface area is 181 Å². The highest BCUT2D eigenvalue weighted by atomic mass is 32.2. The molecule has 2 aromatic heterocycles. The number of para-hydroxylation sites is 2. The molecule has 0 amide bonds. The number of anilines is 1. The highest BCUT2D eigenvalue weighted by molar-refractivity contribution is 7.92. The molecule has 2 heterocycles. The van der Waals surface area contributed by atoms with Crippen molar-refractivity contribution in [3.63, 3.8) is 0 Å². The third-order valence-corrected chi connectivity index (χ3v) is 6.57. The minimum Gasteiger partial charge on any atom is -0.309 e. The molecule has 31 heavy (non-hydrogen) atoms. The summed E-state index contributed by atoms with van der Waals surface area (Å²) in [4.78, 5) is 9.48. The minimum atomic E-state index is -3.89. The van der Waals surface area contributed by atoms with Gasteiger partial charge in [0.2, 0.25) is 0 Å². The van der Waals surface area contributed by atoms with Crippen LogP contribution in [-0.2, 0) is 16.6 Å². The number of fused-ring (bicyclic) bond motifs is 2. The zero-order chi connectivity index (χ0) is 22.0. The van der Waals surface area contributed by atoms with Gasteiger partial charge in [-0.2, -0.15) is 5.26 Å². The third-order valence-electron chi connectivity index (χ3n) is 5.21. The summed E-state index contributed by atoms with van der Waals surface area (Å²) in [6, 6.07) is 16.2. The van der Waals surface area contributed by atoms with E-state index < -0.39 is 10.0 Å². The molecular weight excluding hydrogens is 410 g/mol. The van der Waals surface area contributed by atoms with E-state index in [1.165, 1.54) is 0 Å². The van der Waals surface area contributed by atoms with Crippen molar-refractivity contribution in [2.75, 3.05) is 4.72 Å². The number of aryl methyl sites for hydroxylation is 2. The molecule has 0 aliphatic rings. The smallest absolute Gasteiger partial charge is 0.263 e. The molecule has 0 spiro atoms. The first-order valence-electron chi connectivity index (χ1n) is 10.2. The van der Waals surface area contributed by atoms with Gasteiger partial charge in [0.1, 0.15) is 23.0 Å². The van der Waals surface area contributed by atoms with Crippen LogP contribution in [0.2, 0.25) is 0 Å². The average Bonchev–Trinajstić information content (AvgIpc) is 3.03. The Kier molecular flexibility index (Phi) is 5.61. The lowest BCUT2D eigenvalue weighted by molar-refractivity contribution is 0.597. The first-order chi connectivity index (χ1) is 14.9. The van der Waals surface area contributed by atoms with Gasteiger partial charge in [0.15, 0.2) is 5.65 Å². The Balaban J connectivity index is 1.91. The van der Waals surface area contributed by atoms with E-state index in [-0.39, 0.29) is 16.3 Å². The maximum Gasteiger partial charge on any atom is 0.263 e. The number of aromatic nitrogens is 3. The van der Waals surface area contributed by atoms with Gasteiger partial charge in [-0.15, -0.1) is 0 Å². The number of nitrogens with zero attached hydrogens (tertiary/aromatic N) is 4. The average molecular weight is 434 g/mol. The first-order valence-corrected chi connectivity index (χ1v) is 11.7. The number of rotatable bonds is 7. The van der Waals surface area contributed by atoms with Crippen LogP contribution in [0, 0.1) is 18.3 Å². The van der Waals surface area contributed by atoms with Crippen LogP contribution in [0.4, 0.5) is 5.82 Å². The van der Waals surface area contributed by atoms with E-state index in [2.05, 4.69) is 22.7 Å². The van der Waals surface area contributed by atoms with Gasteiger partial charge in [-0.25, -0.2) is 18.4 Å². The number of hydrogen-bond donors (Lipinski definition) is 1. The van der Waals surface area contributed by atoms with Crippen LogP contribution in [0.15, 0.2) is 53.4 Å². The molecule has 0 radical (unpaired) electrons. The highest BCUT2D eigenvalue weighted by Crippen LogP contribution is 2.31. The lowest BCUT2D eigenvalue weighted by Crippen LogP contribution is -2.17. The van der Waals surface area contributed by atoms with Crippen molar-refractivity contribution in [3.8, 4) is 6.07 Å². The van der Waals surface area contributed by atoms with Gasteiger partial charge in [0, 0.05) is 6.54 Å². The Bertz CT molecular complexity index is 1400. The van der Waals surface area contributed by atoms with Gasteiger partial charge in [-0.3, -0.25) is 4.72 Å². The molecule has 2 aromatic carbocycles. The number of nitriles is 1. The second-order valence-electron chi connectivity index (χ2n) is 7.50. The molecule has 4 aromatic rings. The van der Waals surface area contributed by atoms with E-state index in [0.29, 0.717) is 28.7 Å². The maximum atomic E-state index is 13.1. The summed E-state index contributed by atoms with van der Waals surface area (Å²) in [5.74, 6) is 0.212. The minimum absolute atomic E-state index is 0.137. The van der Waals surface area contributed by atoms with Crippen molar-refractivity contribution in [1.82, 2.24) is 14.5 Å². The Hall–Kier alpha value is -3.44. The summed E-state index contributed by atoms with van der Waals surface area (Å²) in [6.45, 7) is 4.53. The van der Waals surface area contributed by atoms with Crippen LogP contribution in [0.5, 0.6) is 0 Å². The summed E-state index contributed by atoms with van der Waals surface area (Å²) in [7, 11) is -3.89. The van der Waals surface area contributed by atoms with Crippen molar-refractivity contribution in [1.29, 1.82) is 5.26 Å². The van der Waals surface area contributed by atoms with E-state index >= 15 is 0 Å². The molecule has 1 N–H and O–H groups in total. The third kappa shape index (κ3) is 3.97. The Morgan fingerprint density at radius 2 is 1.71 bits per heavy atom. The van der Waals surface area contributed by atoms with Crippen molar-refractivity contribution in [2.24, 2.45) is 0 Å². The molecule has 158 valence electrons. The highest BCUT2D eigenvalue weighted by Gasteiger charge is 2.25. The Morgan fingerprint density at radius 3 is 2.35 bits per heavy atom. The lowest BCUT2D eigenvalue weighted by atomic mass is 10.2. The van der Waals surface area contributed by atoms with Crippen molar-refractivity contribution in [3.05, 3.63) is 59.7 Å².